The third-order valence-corrected chi connectivity index (χ3v) is 4.92. The summed E-state index contributed by atoms with van der Waals surface area (Å²) in [6.45, 7) is 2.39. The lowest BCUT2D eigenvalue weighted by molar-refractivity contribution is -0.123. The first kappa shape index (κ1) is 15.5. The average molecular weight is 334 g/mol. The van der Waals surface area contributed by atoms with E-state index < -0.39 is 5.41 Å². The van der Waals surface area contributed by atoms with Gasteiger partial charge in [0.25, 0.3) is 0 Å². The molecule has 25 heavy (non-hydrogen) atoms. The normalized spacial score (nSPS) is 22.7. The lowest BCUT2D eigenvalue weighted by Gasteiger charge is -2.21. The molecule has 2 aromatic heterocycles. The van der Waals surface area contributed by atoms with Crippen molar-refractivity contribution in [2.75, 3.05) is 16.8 Å². The van der Waals surface area contributed by atoms with E-state index >= 15 is 0 Å². The second kappa shape index (κ2) is 5.81. The highest BCUT2D eigenvalue weighted by Crippen LogP contribution is 2.51. The summed E-state index contributed by atoms with van der Waals surface area (Å²) in [4.78, 5) is 27.3. The number of anilines is 3. The fraction of sp³-hybridized carbons (Fsp3) is 0.389. The predicted octanol–water partition coefficient (Wildman–Crippen LogP) is 2.58. The van der Waals surface area contributed by atoms with E-state index in [9.17, 15) is 10.1 Å². The Hall–Kier alpha value is -3.01. The summed E-state index contributed by atoms with van der Waals surface area (Å²) in [5.41, 5.74) is -0.0771. The van der Waals surface area contributed by atoms with Crippen molar-refractivity contribution < 1.29 is 4.79 Å². The molecule has 1 aliphatic heterocycles. The van der Waals surface area contributed by atoms with Crippen molar-refractivity contribution in [3.63, 3.8) is 0 Å². The maximum absolute atomic E-state index is 12.9. The summed E-state index contributed by atoms with van der Waals surface area (Å²) in [6, 6.07) is 7.69. The van der Waals surface area contributed by atoms with Gasteiger partial charge in [0.2, 0.25) is 5.91 Å². The SMILES string of the molecule is Cc1nccc(Nc2cc(N3CC[C@@](C#N)(C4CC4)C3=O)ccn2)n1. The highest BCUT2D eigenvalue weighted by atomic mass is 16.2. The molecule has 0 aromatic carbocycles. The third kappa shape index (κ3) is 2.70. The maximum atomic E-state index is 12.9. The van der Waals surface area contributed by atoms with E-state index in [4.69, 9.17) is 0 Å². The topological polar surface area (TPSA) is 94.8 Å². The number of rotatable bonds is 4. The van der Waals surface area contributed by atoms with Gasteiger partial charge in [0.15, 0.2) is 0 Å². The Morgan fingerprint density at radius 2 is 2.08 bits per heavy atom. The van der Waals surface area contributed by atoms with Crippen molar-refractivity contribution in [1.82, 2.24) is 15.0 Å². The molecule has 2 aliphatic rings. The average Bonchev–Trinajstić information content (AvgIpc) is 3.40. The number of carbonyl (C=O) groups excluding carboxylic acids is 1. The minimum Gasteiger partial charge on any atom is -0.325 e. The first-order chi connectivity index (χ1) is 12.1. The second-order valence-electron chi connectivity index (χ2n) is 6.58. The number of aryl methyl sites for hydroxylation is 1. The van der Waals surface area contributed by atoms with Crippen LogP contribution in [0.15, 0.2) is 30.6 Å². The standard InChI is InChI=1S/C18H18N6O/c1-12-20-8-5-15(22-12)23-16-10-14(4-7-21-16)24-9-6-18(11-19,17(24)25)13-2-3-13/h4-5,7-8,10,13H,2-3,6,9H2,1H3,(H,20,21,22,23)/t18-/m1/s1. The van der Waals surface area contributed by atoms with Crippen LogP contribution in [-0.2, 0) is 4.79 Å². The van der Waals surface area contributed by atoms with Crippen molar-refractivity contribution in [3.05, 3.63) is 36.4 Å². The largest absolute Gasteiger partial charge is 0.325 e. The third-order valence-electron chi connectivity index (χ3n) is 4.92. The molecule has 2 fully saturated rings. The van der Waals surface area contributed by atoms with Crippen LogP contribution in [0.5, 0.6) is 0 Å². The molecule has 1 saturated carbocycles. The Morgan fingerprint density at radius 3 is 2.80 bits per heavy atom. The molecule has 2 aromatic rings. The molecule has 0 radical (unpaired) electrons. The van der Waals surface area contributed by atoms with Crippen LogP contribution >= 0.6 is 0 Å². The van der Waals surface area contributed by atoms with Crippen LogP contribution < -0.4 is 10.2 Å². The first-order valence-electron chi connectivity index (χ1n) is 8.38. The Kier molecular flexibility index (Phi) is 3.61. The van der Waals surface area contributed by atoms with E-state index in [1.807, 2.05) is 13.0 Å². The van der Waals surface area contributed by atoms with Crippen LogP contribution in [-0.4, -0.2) is 27.4 Å². The number of nitrogens with zero attached hydrogens (tertiary/aromatic N) is 5. The summed E-state index contributed by atoms with van der Waals surface area (Å²) >= 11 is 0. The van der Waals surface area contributed by atoms with Gasteiger partial charge < -0.3 is 10.2 Å². The van der Waals surface area contributed by atoms with Gasteiger partial charge >= 0.3 is 0 Å². The van der Waals surface area contributed by atoms with E-state index in [0.29, 0.717) is 30.4 Å². The van der Waals surface area contributed by atoms with Gasteiger partial charge in [-0.3, -0.25) is 4.79 Å². The lowest BCUT2D eigenvalue weighted by atomic mass is 9.83. The number of carbonyl (C=O) groups is 1. The van der Waals surface area contributed by atoms with E-state index in [0.717, 1.165) is 18.5 Å². The zero-order chi connectivity index (χ0) is 17.4. The van der Waals surface area contributed by atoms with Crippen molar-refractivity contribution in [1.29, 1.82) is 5.26 Å². The zero-order valence-corrected chi connectivity index (χ0v) is 13.9. The van der Waals surface area contributed by atoms with Crippen molar-refractivity contribution in [3.8, 4) is 6.07 Å². The molecular formula is C18H18N6O. The molecule has 126 valence electrons. The van der Waals surface area contributed by atoms with E-state index in [2.05, 4.69) is 26.3 Å². The molecule has 1 N–H and O–H groups in total. The fourth-order valence-electron chi connectivity index (χ4n) is 3.45. The first-order valence-corrected chi connectivity index (χ1v) is 8.38. The number of nitrogens with one attached hydrogen (secondary N) is 1. The van der Waals surface area contributed by atoms with Gasteiger partial charge in [0.1, 0.15) is 22.9 Å². The van der Waals surface area contributed by atoms with Gasteiger partial charge in [-0.15, -0.1) is 0 Å². The highest BCUT2D eigenvalue weighted by Gasteiger charge is 2.56. The number of nitriles is 1. The molecule has 1 amide bonds. The van der Waals surface area contributed by atoms with E-state index in [-0.39, 0.29) is 11.8 Å². The van der Waals surface area contributed by atoms with Gasteiger partial charge in [-0.05, 0) is 44.2 Å². The molecule has 7 heteroatoms. The van der Waals surface area contributed by atoms with Crippen LogP contribution in [0.3, 0.4) is 0 Å². The lowest BCUT2D eigenvalue weighted by Crippen LogP contribution is -2.35. The number of pyridine rings is 1. The summed E-state index contributed by atoms with van der Waals surface area (Å²) in [5, 5.41) is 12.7. The number of aromatic nitrogens is 3. The fourth-order valence-corrected chi connectivity index (χ4v) is 3.45. The monoisotopic (exact) mass is 334 g/mol. The van der Waals surface area contributed by atoms with Crippen LogP contribution in [0.2, 0.25) is 0 Å². The molecule has 3 heterocycles. The quantitative estimate of drug-likeness (QED) is 0.923. The minimum atomic E-state index is -0.833. The van der Waals surface area contributed by atoms with Gasteiger partial charge in [-0.1, -0.05) is 0 Å². The predicted molar refractivity (Wildman–Crippen MR) is 92.0 cm³/mol. The molecule has 0 spiro atoms. The Balaban J connectivity index is 1.58. The van der Waals surface area contributed by atoms with Crippen LogP contribution in [0.1, 0.15) is 25.1 Å². The minimum absolute atomic E-state index is 0.0764. The molecule has 7 nitrogen and oxygen atoms in total. The summed E-state index contributed by atoms with van der Waals surface area (Å²) in [6.07, 6.45) is 5.88. The summed E-state index contributed by atoms with van der Waals surface area (Å²) in [7, 11) is 0. The van der Waals surface area contributed by atoms with E-state index in [1.54, 1.807) is 29.4 Å². The number of hydrogen-bond donors (Lipinski definition) is 1. The van der Waals surface area contributed by atoms with Crippen molar-refractivity contribution in [2.24, 2.45) is 11.3 Å². The molecule has 4 rings (SSSR count). The van der Waals surface area contributed by atoms with Gasteiger partial charge in [-0.25, -0.2) is 15.0 Å². The van der Waals surface area contributed by atoms with Crippen molar-refractivity contribution in [2.45, 2.75) is 26.2 Å². The van der Waals surface area contributed by atoms with Gasteiger partial charge in [0, 0.05) is 30.7 Å². The molecule has 1 atom stereocenters. The Bertz CT molecular complexity index is 872. The molecular weight excluding hydrogens is 316 g/mol. The van der Waals surface area contributed by atoms with Crippen molar-refractivity contribution >= 4 is 23.2 Å². The Labute approximate surface area is 145 Å². The van der Waals surface area contributed by atoms with Crippen LogP contribution in [0.25, 0.3) is 0 Å². The molecule has 0 bridgehead atoms. The molecule has 1 aliphatic carbocycles. The Morgan fingerprint density at radius 1 is 1.28 bits per heavy atom. The van der Waals surface area contributed by atoms with Gasteiger partial charge in [-0.2, -0.15) is 5.26 Å². The second-order valence-corrected chi connectivity index (χ2v) is 6.58. The zero-order valence-electron chi connectivity index (χ0n) is 13.9. The highest BCUT2D eigenvalue weighted by molar-refractivity contribution is 6.02. The molecule has 1 saturated heterocycles. The van der Waals surface area contributed by atoms with Gasteiger partial charge in [0.05, 0.1) is 6.07 Å². The summed E-state index contributed by atoms with van der Waals surface area (Å²) < 4.78 is 0. The maximum Gasteiger partial charge on any atom is 0.247 e. The number of amides is 1. The van der Waals surface area contributed by atoms with Crippen LogP contribution in [0.4, 0.5) is 17.3 Å². The smallest absolute Gasteiger partial charge is 0.247 e. The van der Waals surface area contributed by atoms with Crippen LogP contribution in [0, 0.1) is 29.6 Å². The summed E-state index contributed by atoms with van der Waals surface area (Å²) in [5.74, 6) is 2.06. The number of hydrogen-bond acceptors (Lipinski definition) is 6. The van der Waals surface area contributed by atoms with E-state index in [1.165, 1.54) is 0 Å². The molecule has 0 unspecified atom stereocenters.